The fraction of sp³-hybridized carbons (Fsp3) is 0.143. The largest absolute Gasteiger partial charge is 0.380 e. The van der Waals surface area contributed by atoms with Gasteiger partial charge in [0.25, 0.3) is 5.69 Å². The Morgan fingerprint density at radius 1 is 1.35 bits per heavy atom. The molecular formula is C14H12BrFN2O2. The smallest absolute Gasteiger partial charge is 0.274 e. The molecule has 0 aliphatic heterocycles. The van der Waals surface area contributed by atoms with Gasteiger partial charge in [0.05, 0.1) is 4.92 Å². The molecule has 0 unspecified atom stereocenters. The van der Waals surface area contributed by atoms with Crippen molar-refractivity contribution in [3.63, 3.8) is 0 Å². The predicted molar refractivity (Wildman–Crippen MR) is 79.3 cm³/mol. The number of nitro groups is 1. The zero-order chi connectivity index (χ0) is 14.7. The van der Waals surface area contributed by atoms with Crippen LogP contribution in [0.25, 0.3) is 0 Å². The Morgan fingerprint density at radius 2 is 2.10 bits per heavy atom. The number of benzene rings is 2. The summed E-state index contributed by atoms with van der Waals surface area (Å²) >= 11 is 3.19. The van der Waals surface area contributed by atoms with E-state index in [1.54, 1.807) is 31.2 Å². The molecule has 0 amide bonds. The average Bonchev–Trinajstić information content (AvgIpc) is 2.39. The van der Waals surface area contributed by atoms with Crippen LogP contribution in [0, 0.1) is 22.9 Å². The summed E-state index contributed by atoms with van der Waals surface area (Å²) in [7, 11) is 0. The van der Waals surface area contributed by atoms with Crippen molar-refractivity contribution in [1.29, 1.82) is 0 Å². The Bertz CT molecular complexity index is 662. The van der Waals surface area contributed by atoms with Crippen LogP contribution in [0.3, 0.4) is 0 Å². The van der Waals surface area contributed by atoms with Gasteiger partial charge < -0.3 is 5.32 Å². The van der Waals surface area contributed by atoms with Crippen molar-refractivity contribution in [3.05, 3.63) is 67.9 Å². The molecule has 1 N–H and O–H groups in total. The summed E-state index contributed by atoms with van der Waals surface area (Å²) in [6.45, 7) is 1.93. The van der Waals surface area contributed by atoms with E-state index in [0.29, 0.717) is 21.3 Å². The van der Waals surface area contributed by atoms with E-state index in [9.17, 15) is 14.5 Å². The van der Waals surface area contributed by atoms with Crippen LogP contribution in [0.4, 0.5) is 15.8 Å². The van der Waals surface area contributed by atoms with Gasteiger partial charge >= 0.3 is 0 Å². The molecule has 2 aromatic carbocycles. The second-order valence-corrected chi connectivity index (χ2v) is 5.21. The van der Waals surface area contributed by atoms with Crippen molar-refractivity contribution in [1.82, 2.24) is 0 Å². The monoisotopic (exact) mass is 338 g/mol. The lowest BCUT2D eigenvalue weighted by atomic mass is 10.1. The molecule has 4 nitrogen and oxygen atoms in total. The van der Waals surface area contributed by atoms with E-state index >= 15 is 0 Å². The minimum Gasteiger partial charge on any atom is -0.380 e. The van der Waals surface area contributed by atoms with E-state index < -0.39 is 4.92 Å². The minimum atomic E-state index is -0.430. The summed E-state index contributed by atoms with van der Waals surface area (Å²) in [5.41, 5.74) is 1.71. The topological polar surface area (TPSA) is 55.2 Å². The molecular weight excluding hydrogens is 327 g/mol. The molecule has 0 saturated heterocycles. The molecule has 0 saturated carbocycles. The molecule has 0 bridgehead atoms. The van der Waals surface area contributed by atoms with E-state index in [4.69, 9.17) is 0 Å². The number of nitrogens with one attached hydrogen (secondary N) is 1. The minimum absolute atomic E-state index is 0.0475. The lowest BCUT2D eigenvalue weighted by Gasteiger charge is -2.10. The van der Waals surface area contributed by atoms with Gasteiger partial charge in [0, 0.05) is 33.9 Å². The quantitative estimate of drug-likeness (QED) is 0.663. The highest BCUT2D eigenvalue weighted by atomic mass is 79.9. The van der Waals surface area contributed by atoms with E-state index in [0.717, 1.165) is 0 Å². The standard InChI is InChI=1S/C14H12BrFN2O2/c1-9-13(3-2-4-14(9)18(19)20)17-8-10-5-6-11(15)7-12(10)16/h2-7,17H,8H2,1H3. The Balaban J connectivity index is 2.19. The van der Waals surface area contributed by atoms with Gasteiger partial charge in [-0.1, -0.05) is 28.1 Å². The van der Waals surface area contributed by atoms with Crippen LogP contribution in [0.2, 0.25) is 0 Å². The van der Waals surface area contributed by atoms with Gasteiger partial charge in [-0.3, -0.25) is 10.1 Å². The number of hydrogen-bond acceptors (Lipinski definition) is 3. The summed E-state index contributed by atoms with van der Waals surface area (Å²) in [5, 5.41) is 13.9. The van der Waals surface area contributed by atoms with Crippen LogP contribution in [-0.2, 0) is 6.54 Å². The Morgan fingerprint density at radius 3 is 2.75 bits per heavy atom. The van der Waals surface area contributed by atoms with Gasteiger partial charge in [-0.05, 0) is 25.1 Å². The van der Waals surface area contributed by atoms with Crippen LogP contribution < -0.4 is 5.32 Å². The fourth-order valence-corrected chi connectivity index (χ4v) is 2.20. The molecule has 20 heavy (non-hydrogen) atoms. The molecule has 0 aromatic heterocycles. The first-order chi connectivity index (χ1) is 9.49. The third-order valence-electron chi connectivity index (χ3n) is 2.99. The second-order valence-electron chi connectivity index (χ2n) is 4.30. The van der Waals surface area contributed by atoms with Crippen molar-refractivity contribution in [2.45, 2.75) is 13.5 Å². The molecule has 0 heterocycles. The highest BCUT2D eigenvalue weighted by molar-refractivity contribution is 9.10. The Hall–Kier alpha value is -1.95. The van der Waals surface area contributed by atoms with E-state index in [2.05, 4.69) is 21.2 Å². The zero-order valence-electron chi connectivity index (χ0n) is 10.7. The summed E-state index contributed by atoms with van der Waals surface area (Å²) in [4.78, 5) is 10.4. The molecule has 0 spiro atoms. The third kappa shape index (κ3) is 3.14. The number of anilines is 1. The summed E-state index contributed by atoms with van der Waals surface area (Å²) in [5.74, 6) is -0.324. The van der Waals surface area contributed by atoms with Crippen molar-refractivity contribution in [2.75, 3.05) is 5.32 Å². The van der Waals surface area contributed by atoms with Crippen LogP contribution in [0.1, 0.15) is 11.1 Å². The van der Waals surface area contributed by atoms with Crippen molar-refractivity contribution < 1.29 is 9.31 Å². The molecule has 2 aromatic rings. The maximum absolute atomic E-state index is 13.7. The normalized spacial score (nSPS) is 10.3. The number of hydrogen-bond donors (Lipinski definition) is 1. The highest BCUT2D eigenvalue weighted by Crippen LogP contribution is 2.26. The summed E-state index contributed by atoms with van der Waals surface area (Å²) < 4.78 is 14.4. The number of rotatable bonds is 4. The first-order valence-corrected chi connectivity index (χ1v) is 6.70. The third-order valence-corrected chi connectivity index (χ3v) is 3.48. The SMILES string of the molecule is Cc1c(NCc2ccc(Br)cc2F)cccc1[N+](=O)[O-]. The highest BCUT2D eigenvalue weighted by Gasteiger charge is 2.13. The molecule has 0 radical (unpaired) electrons. The average molecular weight is 339 g/mol. The van der Waals surface area contributed by atoms with Gasteiger partial charge in [-0.15, -0.1) is 0 Å². The van der Waals surface area contributed by atoms with Crippen LogP contribution in [0.5, 0.6) is 0 Å². The van der Waals surface area contributed by atoms with E-state index in [-0.39, 0.29) is 18.0 Å². The summed E-state index contributed by atoms with van der Waals surface area (Å²) in [6.07, 6.45) is 0. The van der Waals surface area contributed by atoms with Crippen LogP contribution in [-0.4, -0.2) is 4.92 Å². The lowest BCUT2D eigenvalue weighted by molar-refractivity contribution is -0.385. The number of nitro benzene ring substituents is 1. The van der Waals surface area contributed by atoms with Gasteiger partial charge in [0.1, 0.15) is 5.82 Å². The van der Waals surface area contributed by atoms with Gasteiger partial charge in [-0.25, -0.2) is 4.39 Å². The van der Waals surface area contributed by atoms with E-state index in [1.165, 1.54) is 12.1 Å². The first-order valence-electron chi connectivity index (χ1n) is 5.91. The first kappa shape index (κ1) is 14.5. The van der Waals surface area contributed by atoms with Crippen LogP contribution >= 0.6 is 15.9 Å². The Kier molecular flexibility index (Phi) is 4.34. The Labute approximate surface area is 123 Å². The van der Waals surface area contributed by atoms with Gasteiger partial charge in [0.2, 0.25) is 0 Å². The lowest BCUT2D eigenvalue weighted by Crippen LogP contribution is -2.04. The predicted octanol–water partition coefficient (Wildman–Crippen LogP) is 4.42. The molecule has 104 valence electrons. The maximum Gasteiger partial charge on any atom is 0.274 e. The summed E-state index contributed by atoms with van der Waals surface area (Å²) in [6, 6.07) is 9.59. The fourth-order valence-electron chi connectivity index (χ4n) is 1.87. The molecule has 0 atom stereocenters. The molecule has 0 fully saturated rings. The maximum atomic E-state index is 13.7. The van der Waals surface area contributed by atoms with Gasteiger partial charge in [0.15, 0.2) is 0 Å². The number of nitrogens with zero attached hydrogens (tertiary/aromatic N) is 1. The second kappa shape index (κ2) is 6.00. The number of halogens is 2. The van der Waals surface area contributed by atoms with Gasteiger partial charge in [-0.2, -0.15) is 0 Å². The van der Waals surface area contributed by atoms with Crippen molar-refractivity contribution >= 4 is 27.3 Å². The van der Waals surface area contributed by atoms with Crippen LogP contribution in [0.15, 0.2) is 40.9 Å². The molecule has 0 aliphatic carbocycles. The van der Waals surface area contributed by atoms with Crippen molar-refractivity contribution in [2.24, 2.45) is 0 Å². The van der Waals surface area contributed by atoms with Crippen molar-refractivity contribution in [3.8, 4) is 0 Å². The molecule has 0 aliphatic rings. The molecule has 2 rings (SSSR count). The zero-order valence-corrected chi connectivity index (χ0v) is 12.3. The molecule has 6 heteroatoms. The van der Waals surface area contributed by atoms with E-state index in [1.807, 2.05) is 0 Å².